The topological polar surface area (TPSA) is 129 Å². The summed E-state index contributed by atoms with van der Waals surface area (Å²) in [6.07, 6.45) is 0.649. The van der Waals surface area contributed by atoms with Gasteiger partial charge >= 0.3 is 11.9 Å². The normalized spacial score (nSPS) is 12.4. The van der Waals surface area contributed by atoms with E-state index in [9.17, 15) is 32.8 Å². The van der Waals surface area contributed by atoms with Crippen molar-refractivity contribution in [2.24, 2.45) is 0 Å². The molecule has 0 amide bonds. The highest BCUT2D eigenvalue weighted by molar-refractivity contribution is 7.99. The van der Waals surface area contributed by atoms with E-state index in [-0.39, 0.29) is 10.6 Å². The first-order valence-electron chi connectivity index (χ1n) is 8.94. The van der Waals surface area contributed by atoms with Gasteiger partial charge in [-0.3, -0.25) is 4.55 Å². The van der Waals surface area contributed by atoms with Crippen molar-refractivity contribution < 1.29 is 32.8 Å². The van der Waals surface area contributed by atoms with E-state index in [0.29, 0.717) is 16.7 Å². The van der Waals surface area contributed by atoms with Crippen LogP contribution in [0.4, 0.5) is 0 Å². The van der Waals surface area contributed by atoms with Crippen LogP contribution in [0.2, 0.25) is 0 Å². The van der Waals surface area contributed by atoms with Crippen molar-refractivity contribution in [3.63, 3.8) is 0 Å². The summed E-state index contributed by atoms with van der Waals surface area (Å²) in [4.78, 5) is 23.6. The first-order chi connectivity index (χ1) is 14.7. The molecular formula is C22H18O7PS+. The van der Waals surface area contributed by atoms with E-state index in [2.05, 4.69) is 0 Å². The van der Waals surface area contributed by atoms with Gasteiger partial charge in [-0.1, -0.05) is 42.5 Å². The van der Waals surface area contributed by atoms with Crippen LogP contribution >= 0.6 is 7.26 Å². The Hall–Kier alpha value is -3.32. The van der Waals surface area contributed by atoms with E-state index >= 15 is 0 Å². The Morgan fingerprint density at radius 1 is 0.742 bits per heavy atom. The Morgan fingerprint density at radius 3 is 1.65 bits per heavy atom. The Bertz CT molecular complexity index is 1210. The largest absolute Gasteiger partial charge is 0.478 e. The minimum Gasteiger partial charge on any atom is -0.478 e. The van der Waals surface area contributed by atoms with Crippen molar-refractivity contribution >= 4 is 45.2 Å². The molecule has 0 saturated carbocycles. The molecule has 31 heavy (non-hydrogen) atoms. The van der Waals surface area contributed by atoms with Gasteiger partial charge in [0, 0.05) is 6.07 Å². The number of hydrogen-bond acceptors (Lipinski definition) is 4. The molecule has 0 heterocycles. The summed E-state index contributed by atoms with van der Waals surface area (Å²) >= 11 is 0. The fraction of sp³-hybridized carbons (Fsp3) is 0. The summed E-state index contributed by atoms with van der Waals surface area (Å²) < 4.78 is 33.2. The lowest BCUT2D eigenvalue weighted by atomic mass is 10.3. The second kappa shape index (κ2) is 8.81. The second-order valence-electron chi connectivity index (χ2n) is 6.49. The van der Waals surface area contributed by atoms with E-state index in [0.717, 1.165) is 0 Å². The van der Waals surface area contributed by atoms with Crippen molar-refractivity contribution in [1.29, 1.82) is 0 Å². The van der Waals surface area contributed by atoms with Gasteiger partial charge in [0.2, 0.25) is 5.31 Å². The average Bonchev–Trinajstić information content (AvgIpc) is 2.74. The molecule has 0 saturated heterocycles. The maximum Gasteiger partial charge on any atom is 0.372 e. The standard InChI is InChI=1S/C22H17O7PS/c23-21(24)15-20(22(25)26)30(16-8-3-1-4-9-16,17-10-5-2-6-11-17)18-12-7-13-19(14-18)31(27,28)29/h1-15H,(H2-,23,24,25,26,27,28,29)/p+1/b20-15+. The quantitative estimate of drug-likeness (QED) is 0.282. The summed E-state index contributed by atoms with van der Waals surface area (Å²) in [5, 5.41) is 20.5. The molecule has 0 unspecified atom stereocenters. The van der Waals surface area contributed by atoms with Crippen LogP contribution in [-0.2, 0) is 19.7 Å². The zero-order valence-corrected chi connectivity index (χ0v) is 17.7. The number of hydrogen-bond donors (Lipinski definition) is 3. The van der Waals surface area contributed by atoms with E-state index < -0.39 is 34.2 Å². The molecule has 0 spiro atoms. The summed E-state index contributed by atoms with van der Waals surface area (Å²) in [6.45, 7) is 0. The van der Waals surface area contributed by atoms with Gasteiger partial charge in [-0.05, 0) is 36.4 Å². The molecule has 0 fully saturated rings. The Morgan fingerprint density at radius 2 is 1.23 bits per heavy atom. The Labute approximate surface area is 179 Å². The lowest BCUT2D eigenvalue weighted by molar-refractivity contribution is -0.134. The van der Waals surface area contributed by atoms with Crippen LogP contribution in [0, 0.1) is 0 Å². The number of benzene rings is 3. The zero-order valence-electron chi connectivity index (χ0n) is 16.0. The van der Waals surface area contributed by atoms with Crippen molar-refractivity contribution in [2.75, 3.05) is 0 Å². The van der Waals surface area contributed by atoms with Gasteiger partial charge in [-0.25, -0.2) is 9.59 Å². The van der Waals surface area contributed by atoms with Crippen LogP contribution in [-0.4, -0.2) is 35.1 Å². The van der Waals surface area contributed by atoms with Crippen LogP contribution in [0.3, 0.4) is 0 Å². The van der Waals surface area contributed by atoms with Crippen LogP contribution in [0.1, 0.15) is 0 Å². The van der Waals surface area contributed by atoms with Crippen LogP contribution in [0.15, 0.2) is 101 Å². The molecule has 158 valence electrons. The second-order valence-corrected chi connectivity index (χ2v) is 11.3. The Balaban J connectivity index is 2.57. The summed E-state index contributed by atoms with van der Waals surface area (Å²) in [7, 11) is -7.95. The Kier molecular flexibility index (Phi) is 6.36. The van der Waals surface area contributed by atoms with E-state index in [4.69, 9.17) is 0 Å². The molecule has 7 nitrogen and oxygen atoms in total. The summed E-state index contributed by atoms with van der Waals surface area (Å²) in [5.74, 6) is -2.89. The van der Waals surface area contributed by atoms with Gasteiger partial charge in [0.05, 0.1) is 11.0 Å². The van der Waals surface area contributed by atoms with Gasteiger partial charge in [0.15, 0.2) is 7.26 Å². The lowest BCUT2D eigenvalue weighted by Crippen LogP contribution is -2.35. The highest BCUT2D eigenvalue weighted by atomic mass is 32.2. The molecule has 0 radical (unpaired) electrons. The van der Waals surface area contributed by atoms with Gasteiger partial charge in [-0.15, -0.1) is 0 Å². The van der Waals surface area contributed by atoms with Crippen molar-refractivity contribution in [2.45, 2.75) is 4.90 Å². The molecule has 3 aromatic rings. The number of aliphatic carboxylic acids is 2. The molecule has 0 aliphatic carbocycles. The molecule has 3 rings (SSSR count). The SMILES string of the molecule is O=C(O)/C=C(\C(=O)O)[P+](c1ccccc1)(c1ccccc1)c1cccc(S(=O)(=O)O)c1. The molecule has 3 aromatic carbocycles. The molecule has 0 bridgehead atoms. The monoisotopic (exact) mass is 457 g/mol. The van der Waals surface area contributed by atoms with Crippen LogP contribution in [0.25, 0.3) is 0 Å². The molecule has 3 N–H and O–H groups in total. The molecule has 0 aromatic heterocycles. The zero-order chi connectivity index (χ0) is 22.6. The molecule has 0 atom stereocenters. The number of rotatable bonds is 7. The number of carboxylic acid groups (broad SMARTS) is 2. The van der Waals surface area contributed by atoms with E-state index in [1.807, 2.05) is 0 Å². The lowest BCUT2D eigenvalue weighted by Gasteiger charge is -2.27. The third-order valence-electron chi connectivity index (χ3n) is 4.63. The average molecular weight is 457 g/mol. The van der Waals surface area contributed by atoms with Crippen LogP contribution in [0.5, 0.6) is 0 Å². The maximum absolute atomic E-state index is 12.4. The summed E-state index contributed by atoms with van der Waals surface area (Å²) in [6, 6.07) is 22.3. The highest BCUT2D eigenvalue weighted by Crippen LogP contribution is 2.62. The first-order valence-corrected chi connectivity index (χ1v) is 12.2. The fourth-order valence-electron chi connectivity index (χ4n) is 3.44. The third kappa shape index (κ3) is 4.41. The maximum atomic E-state index is 12.4. The van der Waals surface area contributed by atoms with Gasteiger partial charge in [0.1, 0.15) is 15.9 Å². The van der Waals surface area contributed by atoms with Gasteiger partial charge < -0.3 is 10.2 Å². The minimum atomic E-state index is -4.58. The predicted octanol–water partition coefficient (Wildman–Crippen LogP) is 2.28. The summed E-state index contributed by atoms with van der Waals surface area (Å²) in [5.41, 5.74) is 0. The molecular weight excluding hydrogens is 439 g/mol. The molecule has 9 heteroatoms. The number of carbonyl (C=O) groups is 2. The predicted molar refractivity (Wildman–Crippen MR) is 118 cm³/mol. The van der Waals surface area contributed by atoms with Gasteiger partial charge in [0.25, 0.3) is 10.1 Å². The highest BCUT2D eigenvalue weighted by Gasteiger charge is 2.53. The third-order valence-corrected chi connectivity index (χ3v) is 9.72. The smallest absolute Gasteiger partial charge is 0.372 e. The van der Waals surface area contributed by atoms with Crippen molar-refractivity contribution in [3.05, 3.63) is 96.3 Å². The van der Waals surface area contributed by atoms with Crippen molar-refractivity contribution in [1.82, 2.24) is 0 Å². The van der Waals surface area contributed by atoms with E-state index in [1.165, 1.54) is 18.2 Å². The van der Waals surface area contributed by atoms with Gasteiger partial charge in [-0.2, -0.15) is 8.42 Å². The number of carboxylic acids is 2. The van der Waals surface area contributed by atoms with E-state index in [1.54, 1.807) is 66.7 Å². The molecule has 0 aliphatic heterocycles. The fourth-order valence-corrected chi connectivity index (χ4v) is 8.25. The first kappa shape index (κ1) is 22.4. The van der Waals surface area contributed by atoms with Crippen LogP contribution < -0.4 is 15.9 Å². The molecule has 0 aliphatic rings. The minimum absolute atomic E-state index is 0.273. The van der Waals surface area contributed by atoms with Crippen molar-refractivity contribution in [3.8, 4) is 0 Å².